The topological polar surface area (TPSA) is 61.0 Å². The molecule has 0 aliphatic carbocycles. The Morgan fingerprint density at radius 2 is 2.13 bits per heavy atom. The van der Waals surface area contributed by atoms with Crippen molar-refractivity contribution in [3.05, 3.63) is 15.1 Å². The number of nitrogens with two attached hydrogens (primary N) is 1. The van der Waals surface area contributed by atoms with E-state index < -0.39 is 0 Å². The molecule has 84 valence electrons. The summed E-state index contributed by atoms with van der Waals surface area (Å²) in [4.78, 5) is 8.76. The van der Waals surface area contributed by atoms with Crippen LogP contribution in [0.1, 0.15) is 37.7 Å². The fourth-order valence-electron chi connectivity index (χ4n) is 1.17. The third kappa shape index (κ3) is 3.01. The number of nitrogens with zero attached hydrogens (tertiary/aromatic N) is 2. The van der Waals surface area contributed by atoms with Gasteiger partial charge in [0.05, 0.1) is 15.9 Å². The Labute approximate surface area is 104 Å². The predicted octanol–water partition coefficient (Wildman–Crippen LogP) is 2.32. The van der Waals surface area contributed by atoms with Crippen molar-refractivity contribution >= 4 is 28.4 Å². The van der Waals surface area contributed by atoms with E-state index in [2.05, 4.69) is 46.4 Å². The average molecular weight is 321 g/mol. The fourth-order valence-corrected chi connectivity index (χ4v) is 1.56. The minimum Gasteiger partial charge on any atom is -0.383 e. The summed E-state index contributed by atoms with van der Waals surface area (Å²) >= 11 is 2.15. The van der Waals surface area contributed by atoms with Crippen LogP contribution in [-0.4, -0.2) is 17.1 Å². The van der Waals surface area contributed by atoms with Gasteiger partial charge in [0.15, 0.2) is 0 Å². The summed E-state index contributed by atoms with van der Waals surface area (Å²) in [7, 11) is 1.65. The molecule has 1 atom stereocenters. The Hall–Kier alpha value is -0.430. The zero-order chi connectivity index (χ0) is 11.4. The second-order valence-electron chi connectivity index (χ2n) is 3.47. The molecule has 0 spiro atoms. The van der Waals surface area contributed by atoms with E-state index in [1.165, 1.54) is 0 Å². The molecule has 0 fully saturated rings. The molecule has 1 aromatic heterocycles. The van der Waals surface area contributed by atoms with E-state index in [0.717, 1.165) is 21.5 Å². The maximum atomic E-state index is 5.83. The monoisotopic (exact) mass is 321 g/mol. The molecular weight excluding hydrogens is 305 g/mol. The highest BCUT2D eigenvalue weighted by atomic mass is 127. The highest BCUT2D eigenvalue weighted by Gasteiger charge is 2.13. The van der Waals surface area contributed by atoms with Gasteiger partial charge in [-0.05, 0) is 29.0 Å². The maximum Gasteiger partial charge on any atom is 0.141 e. The van der Waals surface area contributed by atoms with E-state index in [0.29, 0.717) is 18.3 Å². The Morgan fingerprint density at radius 1 is 1.47 bits per heavy atom. The van der Waals surface area contributed by atoms with Gasteiger partial charge in [0.25, 0.3) is 0 Å². The van der Waals surface area contributed by atoms with Crippen LogP contribution in [0.5, 0.6) is 0 Å². The first-order chi connectivity index (χ1) is 7.10. The predicted molar refractivity (Wildman–Crippen MR) is 68.6 cm³/mol. The standard InChI is InChI=1S/C10H16IN3O/c1-4-6(2)10-13-7(5-15-3)8(11)9(12)14-10/h6H,4-5H2,1-3H3,(H2,12,13,14). The van der Waals surface area contributed by atoms with Crippen molar-refractivity contribution < 1.29 is 4.74 Å². The number of rotatable bonds is 4. The fraction of sp³-hybridized carbons (Fsp3) is 0.600. The number of anilines is 1. The molecule has 1 heterocycles. The molecule has 0 radical (unpaired) electrons. The van der Waals surface area contributed by atoms with Crippen molar-refractivity contribution in [2.75, 3.05) is 12.8 Å². The van der Waals surface area contributed by atoms with Crippen LogP contribution in [0, 0.1) is 3.57 Å². The van der Waals surface area contributed by atoms with E-state index in [4.69, 9.17) is 10.5 Å². The van der Waals surface area contributed by atoms with Crippen molar-refractivity contribution in [1.82, 2.24) is 9.97 Å². The third-order valence-electron chi connectivity index (χ3n) is 2.30. The first-order valence-corrected chi connectivity index (χ1v) is 5.98. The summed E-state index contributed by atoms with van der Waals surface area (Å²) in [5.74, 6) is 1.69. The van der Waals surface area contributed by atoms with Crippen LogP contribution in [0.25, 0.3) is 0 Å². The second kappa shape index (κ2) is 5.60. The van der Waals surface area contributed by atoms with Crippen molar-refractivity contribution in [2.24, 2.45) is 0 Å². The maximum absolute atomic E-state index is 5.83. The number of aromatic nitrogens is 2. The normalized spacial score (nSPS) is 12.8. The van der Waals surface area contributed by atoms with Gasteiger partial charge < -0.3 is 10.5 Å². The third-order valence-corrected chi connectivity index (χ3v) is 3.47. The van der Waals surface area contributed by atoms with Gasteiger partial charge in [-0.25, -0.2) is 9.97 Å². The highest BCUT2D eigenvalue weighted by molar-refractivity contribution is 14.1. The SMILES string of the molecule is CCC(C)c1nc(N)c(I)c(COC)n1. The first kappa shape index (κ1) is 12.6. The van der Waals surface area contributed by atoms with Crippen molar-refractivity contribution in [3.63, 3.8) is 0 Å². The smallest absolute Gasteiger partial charge is 0.141 e. The average Bonchev–Trinajstić information content (AvgIpc) is 2.23. The van der Waals surface area contributed by atoms with E-state index in [1.807, 2.05) is 0 Å². The Morgan fingerprint density at radius 3 is 2.67 bits per heavy atom. The number of nitrogen functional groups attached to an aromatic ring is 1. The zero-order valence-corrected chi connectivity index (χ0v) is 11.4. The van der Waals surface area contributed by atoms with E-state index >= 15 is 0 Å². The van der Waals surface area contributed by atoms with Gasteiger partial charge in [-0.2, -0.15) is 0 Å². The summed E-state index contributed by atoms with van der Waals surface area (Å²) in [5.41, 5.74) is 6.71. The van der Waals surface area contributed by atoms with Crippen molar-refractivity contribution in [2.45, 2.75) is 32.8 Å². The number of ether oxygens (including phenoxy) is 1. The molecular formula is C10H16IN3O. The first-order valence-electron chi connectivity index (χ1n) is 4.90. The molecule has 0 aliphatic heterocycles. The zero-order valence-electron chi connectivity index (χ0n) is 9.25. The molecule has 1 unspecified atom stereocenters. The van der Waals surface area contributed by atoms with Crippen LogP contribution in [0.15, 0.2) is 0 Å². The summed E-state index contributed by atoms with van der Waals surface area (Å²) in [6.45, 7) is 4.69. The van der Waals surface area contributed by atoms with Gasteiger partial charge in [0.1, 0.15) is 11.6 Å². The van der Waals surface area contributed by atoms with Crippen LogP contribution in [0.3, 0.4) is 0 Å². The second-order valence-corrected chi connectivity index (χ2v) is 4.55. The van der Waals surface area contributed by atoms with Crippen molar-refractivity contribution in [3.8, 4) is 0 Å². The quantitative estimate of drug-likeness (QED) is 0.865. The molecule has 0 amide bonds. The van der Waals surface area contributed by atoms with Gasteiger partial charge in [-0.1, -0.05) is 13.8 Å². The van der Waals surface area contributed by atoms with Crippen molar-refractivity contribution in [1.29, 1.82) is 0 Å². The Balaban J connectivity index is 3.11. The lowest BCUT2D eigenvalue weighted by Gasteiger charge is -2.11. The molecule has 4 nitrogen and oxygen atoms in total. The minimum absolute atomic E-state index is 0.333. The molecule has 15 heavy (non-hydrogen) atoms. The molecule has 1 rings (SSSR count). The molecule has 2 N–H and O–H groups in total. The molecule has 0 aliphatic rings. The lowest BCUT2D eigenvalue weighted by atomic mass is 10.1. The summed E-state index contributed by atoms with van der Waals surface area (Å²) < 4.78 is 5.97. The molecule has 1 aromatic rings. The van der Waals surface area contributed by atoms with Gasteiger partial charge in [0.2, 0.25) is 0 Å². The lowest BCUT2D eigenvalue weighted by Crippen LogP contribution is -2.10. The van der Waals surface area contributed by atoms with Gasteiger partial charge in [0, 0.05) is 13.0 Å². The van der Waals surface area contributed by atoms with Crippen LogP contribution in [-0.2, 0) is 11.3 Å². The molecule has 0 saturated carbocycles. The molecule has 0 aromatic carbocycles. The number of hydrogen-bond acceptors (Lipinski definition) is 4. The minimum atomic E-state index is 0.333. The number of hydrogen-bond donors (Lipinski definition) is 1. The van der Waals surface area contributed by atoms with Gasteiger partial charge >= 0.3 is 0 Å². The largest absolute Gasteiger partial charge is 0.383 e. The number of halogens is 1. The summed E-state index contributed by atoms with van der Waals surface area (Å²) in [6.07, 6.45) is 1.01. The number of methoxy groups -OCH3 is 1. The Kier molecular flexibility index (Phi) is 4.72. The summed E-state index contributed by atoms with van der Waals surface area (Å²) in [6, 6.07) is 0. The highest BCUT2D eigenvalue weighted by Crippen LogP contribution is 2.21. The van der Waals surface area contributed by atoms with E-state index in [-0.39, 0.29) is 0 Å². The van der Waals surface area contributed by atoms with Gasteiger partial charge in [-0.3, -0.25) is 0 Å². The molecule has 5 heteroatoms. The molecule has 0 bridgehead atoms. The lowest BCUT2D eigenvalue weighted by molar-refractivity contribution is 0.180. The van der Waals surface area contributed by atoms with E-state index in [9.17, 15) is 0 Å². The van der Waals surface area contributed by atoms with Crippen LogP contribution in [0.2, 0.25) is 0 Å². The van der Waals surface area contributed by atoms with E-state index in [1.54, 1.807) is 7.11 Å². The van der Waals surface area contributed by atoms with Gasteiger partial charge in [-0.15, -0.1) is 0 Å². The molecule has 0 saturated heterocycles. The van der Waals surface area contributed by atoms with Crippen LogP contribution >= 0.6 is 22.6 Å². The Bertz CT molecular complexity index is 344. The van der Waals surface area contributed by atoms with Crippen LogP contribution < -0.4 is 5.73 Å². The summed E-state index contributed by atoms with van der Waals surface area (Å²) in [5, 5.41) is 0. The van der Waals surface area contributed by atoms with Crippen LogP contribution in [0.4, 0.5) is 5.82 Å².